The fourth-order valence-electron chi connectivity index (χ4n) is 1.90. The van der Waals surface area contributed by atoms with E-state index in [1.54, 1.807) is 25.1 Å². The molecule has 2 rings (SSSR count). The fraction of sp³-hybridized carbons (Fsp3) is 0.188. The standard InChI is InChI=1S/C16H15ClN2O/c1-16(20,13-5-3-2-4-6-13)11-19-15-9-12(10-18)7-8-14(15)17/h2-9,19-20H,11H2,1H3. The van der Waals surface area contributed by atoms with E-state index in [1.165, 1.54) is 0 Å². The quantitative estimate of drug-likeness (QED) is 0.904. The number of nitrogens with zero attached hydrogens (tertiary/aromatic N) is 1. The molecule has 2 N–H and O–H groups in total. The van der Waals surface area contributed by atoms with Crippen LogP contribution in [-0.2, 0) is 5.60 Å². The Labute approximate surface area is 123 Å². The van der Waals surface area contributed by atoms with Crippen molar-refractivity contribution in [3.63, 3.8) is 0 Å². The normalized spacial score (nSPS) is 13.3. The summed E-state index contributed by atoms with van der Waals surface area (Å²) < 4.78 is 0. The third kappa shape index (κ3) is 3.30. The van der Waals surface area contributed by atoms with Crippen molar-refractivity contribution < 1.29 is 5.11 Å². The molecule has 2 aromatic rings. The average Bonchev–Trinajstić information content (AvgIpc) is 2.47. The van der Waals surface area contributed by atoms with E-state index in [-0.39, 0.29) is 0 Å². The van der Waals surface area contributed by atoms with E-state index >= 15 is 0 Å². The van der Waals surface area contributed by atoms with Crippen LogP contribution < -0.4 is 5.32 Å². The fourth-order valence-corrected chi connectivity index (χ4v) is 2.08. The molecule has 1 atom stereocenters. The third-order valence-corrected chi connectivity index (χ3v) is 3.44. The Balaban J connectivity index is 2.14. The summed E-state index contributed by atoms with van der Waals surface area (Å²) >= 11 is 6.07. The van der Waals surface area contributed by atoms with Gasteiger partial charge in [0, 0.05) is 6.54 Å². The van der Waals surface area contributed by atoms with Crippen LogP contribution >= 0.6 is 11.6 Å². The van der Waals surface area contributed by atoms with Crippen LogP contribution in [0.1, 0.15) is 18.1 Å². The van der Waals surface area contributed by atoms with Crippen molar-refractivity contribution in [1.29, 1.82) is 5.26 Å². The Kier molecular flexibility index (Phi) is 4.29. The van der Waals surface area contributed by atoms with E-state index in [9.17, 15) is 5.11 Å². The Morgan fingerprint density at radius 3 is 2.60 bits per heavy atom. The maximum absolute atomic E-state index is 10.5. The van der Waals surface area contributed by atoms with Crippen molar-refractivity contribution in [2.75, 3.05) is 11.9 Å². The molecule has 1 unspecified atom stereocenters. The van der Waals surface area contributed by atoms with Crippen molar-refractivity contribution in [2.45, 2.75) is 12.5 Å². The molecule has 0 spiro atoms. The van der Waals surface area contributed by atoms with Crippen LogP contribution in [-0.4, -0.2) is 11.7 Å². The van der Waals surface area contributed by atoms with E-state index in [0.717, 1.165) is 5.56 Å². The van der Waals surface area contributed by atoms with Crippen LogP contribution in [0.3, 0.4) is 0 Å². The molecule has 0 heterocycles. The van der Waals surface area contributed by atoms with Crippen LogP contribution in [0.5, 0.6) is 0 Å². The van der Waals surface area contributed by atoms with Gasteiger partial charge in [0.15, 0.2) is 0 Å². The first-order chi connectivity index (χ1) is 9.53. The Hall–Kier alpha value is -2.02. The zero-order valence-corrected chi connectivity index (χ0v) is 11.9. The summed E-state index contributed by atoms with van der Waals surface area (Å²) in [4.78, 5) is 0. The lowest BCUT2D eigenvalue weighted by molar-refractivity contribution is 0.0715. The molecule has 0 fully saturated rings. The third-order valence-electron chi connectivity index (χ3n) is 3.11. The van der Waals surface area contributed by atoms with Crippen molar-refractivity contribution in [2.24, 2.45) is 0 Å². The highest BCUT2D eigenvalue weighted by Gasteiger charge is 2.22. The molecule has 4 heteroatoms. The minimum Gasteiger partial charge on any atom is -0.384 e. The first kappa shape index (κ1) is 14.4. The van der Waals surface area contributed by atoms with Crippen molar-refractivity contribution in [3.05, 3.63) is 64.7 Å². The summed E-state index contributed by atoms with van der Waals surface area (Å²) in [5.41, 5.74) is 0.964. The molecule has 0 aromatic heterocycles. The van der Waals surface area contributed by atoms with Crippen LogP contribution in [0.15, 0.2) is 48.5 Å². The molecule has 2 aromatic carbocycles. The molecule has 3 nitrogen and oxygen atoms in total. The molecule has 102 valence electrons. The number of hydrogen-bond donors (Lipinski definition) is 2. The van der Waals surface area contributed by atoms with Gasteiger partial charge in [-0.25, -0.2) is 0 Å². The number of rotatable bonds is 4. The van der Waals surface area contributed by atoms with Crippen LogP contribution in [0.2, 0.25) is 5.02 Å². The summed E-state index contributed by atoms with van der Waals surface area (Å²) in [6.45, 7) is 2.03. The molecule has 0 aliphatic rings. The maximum Gasteiger partial charge on any atom is 0.104 e. The van der Waals surface area contributed by atoms with Crippen molar-refractivity contribution in [1.82, 2.24) is 0 Å². The predicted molar refractivity (Wildman–Crippen MR) is 80.7 cm³/mol. The highest BCUT2D eigenvalue weighted by atomic mass is 35.5. The smallest absolute Gasteiger partial charge is 0.104 e. The van der Waals surface area contributed by atoms with Gasteiger partial charge in [0.25, 0.3) is 0 Å². The number of benzene rings is 2. The van der Waals surface area contributed by atoms with E-state index < -0.39 is 5.60 Å². The lowest BCUT2D eigenvalue weighted by Gasteiger charge is -2.25. The van der Waals surface area contributed by atoms with E-state index in [0.29, 0.717) is 22.8 Å². The minimum absolute atomic E-state index is 0.297. The second kappa shape index (κ2) is 5.96. The summed E-state index contributed by atoms with van der Waals surface area (Å²) in [7, 11) is 0. The second-order valence-corrected chi connectivity index (χ2v) is 5.21. The lowest BCUT2D eigenvalue weighted by Crippen LogP contribution is -2.30. The van der Waals surface area contributed by atoms with Gasteiger partial charge in [-0.15, -0.1) is 0 Å². The lowest BCUT2D eigenvalue weighted by atomic mass is 9.96. The topological polar surface area (TPSA) is 56.0 Å². The highest BCUT2D eigenvalue weighted by Crippen LogP contribution is 2.26. The summed E-state index contributed by atoms with van der Waals surface area (Å²) in [5, 5.41) is 23.0. The average molecular weight is 287 g/mol. The minimum atomic E-state index is -1.02. The van der Waals surface area contributed by atoms with Gasteiger partial charge in [0.1, 0.15) is 5.60 Å². The largest absolute Gasteiger partial charge is 0.384 e. The Morgan fingerprint density at radius 2 is 1.95 bits per heavy atom. The van der Waals surface area contributed by atoms with Crippen LogP contribution in [0, 0.1) is 11.3 Å². The van der Waals surface area contributed by atoms with Crippen molar-refractivity contribution >= 4 is 17.3 Å². The molecule has 0 aliphatic carbocycles. The van der Waals surface area contributed by atoms with Gasteiger partial charge in [-0.1, -0.05) is 41.9 Å². The van der Waals surface area contributed by atoms with Gasteiger partial charge in [0.2, 0.25) is 0 Å². The Bertz CT molecular complexity index is 633. The van der Waals surface area contributed by atoms with Crippen LogP contribution in [0.25, 0.3) is 0 Å². The molecule has 0 saturated carbocycles. The van der Waals surface area contributed by atoms with Gasteiger partial charge in [-0.2, -0.15) is 5.26 Å². The molecule has 0 saturated heterocycles. The molecule has 0 amide bonds. The van der Waals surface area contributed by atoms with Crippen molar-refractivity contribution in [3.8, 4) is 6.07 Å². The molecule has 0 bridgehead atoms. The summed E-state index contributed by atoms with van der Waals surface area (Å²) in [6.07, 6.45) is 0. The van der Waals surface area contributed by atoms with Gasteiger partial charge >= 0.3 is 0 Å². The van der Waals surface area contributed by atoms with Gasteiger partial charge < -0.3 is 10.4 Å². The molecule has 20 heavy (non-hydrogen) atoms. The number of nitriles is 1. The first-order valence-electron chi connectivity index (χ1n) is 6.24. The predicted octanol–water partition coefficient (Wildman–Crippen LogP) is 3.53. The van der Waals surface area contributed by atoms with E-state index in [4.69, 9.17) is 16.9 Å². The highest BCUT2D eigenvalue weighted by molar-refractivity contribution is 6.33. The SMILES string of the molecule is CC(O)(CNc1cc(C#N)ccc1Cl)c1ccccc1. The van der Waals surface area contributed by atoms with E-state index in [2.05, 4.69) is 11.4 Å². The summed E-state index contributed by atoms with van der Waals surface area (Å²) in [6, 6.07) is 16.5. The van der Waals surface area contributed by atoms with Gasteiger partial charge in [-0.3, -0.25) is 0 Å². The van der Waals surface area contributed by atoms with E-state index in [1.807, 2.05) is 30.3 Å². The number of anilines is 1. The zero-order chi connectivity index (χ0) is 14.6. The molecule has 0 radical (unpaired) electrons. The molecule has 0 aliphatic heterocycles. The number of hydrogen-bond acceptors (Lipinski definition) is 3. The molecular formula is C16H15ClN2O. The van der Waals surface area contributed by atoms with Gasteiger partial charge in [0.05, 0.1) is 22.3 Å². The first-order valence-corrected chi connectivity index (χ1v) is 6.62. The van der Waals surface area contributed by atoms with Crippen LogP contribution in [0.4, 0.5) is 5.69 Å². The number of aliphatic hydroxyl groups is 1. The monoisotopic (exact) mass is 286 g/mol. The maximum atomic E-state index is 10.5. The number of nitrogens with one attached hydrogen (secondary N) is 1. The second-order valence-electron chi connectivity index (χ2n) is 4.80. The van der Waals surface area contributed by atoms with Gasteiger partial charge in [-0.05, 0) is 30.7 Å². The number of halogens is 1. The zero-order valence-electron chi connectivity index (χ0n) is 11.1. The molecular weight excluding hydrogens is 272 g/mol. The summed E-state index contributed by atoms with van der Waals surface area (Å²) in [5.74, 6) is 0. The Morgan fingerprint density at radius 1 is 1.25 bits per heavy atom.